The van der Waals surface area contributed by atoms with Gasteiger partial charge in [0, 0.05) is 16.7 Å². The summed E-state index contributed by atoms with van der Waals surface area (Å²) in [7, 11) is 0. The zero-order valence-corrected chi connectivity index (χ0v) is 26.0. The second-order valence-electron chi connectivity index (χ2n) is 12.8. The Hall–Kier alpha value is -2.56. The van der Waals surface area contributed by atoms with Crippen LogP contribution in [0.15, 0.2) is 35.1 Å². The lowest BCUT2D eigenvalue weighted by Crippen LogP contribution is -2.26. The van der Waals surface area contributed by atoms with Gasteiger partial charge in [0.1, 0.15) is 11.5 Å². The van der Waals surface area contributed by atoms with Gasteiger partial charge in [-0.25, -0.2) is 0 Å². The smallest absolute Gasteiger partial charge is 0.224 e. The lowest BCUT2D eigenvalue weighted by molar-refractivity contribution is -0.118. The molecule has 1 aromatic carbocycles. The Balaban J connectivity index is 1.85. The van der Waals surface area contributed by atoms with Crippen molar-refractivity contribution in [2.24, 2.45) is 11.8 Å². The highest BCUT2D eigenvalue weighted by atomic mass is 16.3. The molecule has 0 fully saturated rings. The summed E-state index contributed by atoms with van der Waals surface area (Å²) in [5.74, 6) is -0.284. The molecule has 5 aliphatic carbocycles. The Bertz CT molecular complexity index is 1070. The predicted octanol–water partition coefficient (Wildman–Crippen LogP) is 9.72. The number of rotatable bonds is 6. The molecule has 3 N–H and O–H groups in total. The monoisotopic (exact) mass is 566 g/mol. The van der Waals surface area contributed by atoms with Gasteiger partial charge in [-0.3, -0.25) is 9.59 Å². The number of aromatic hydroxyl groups is 2. The number of aliphatic hydroxyl groups is 1. The van der Waals surface area contributed by atoms with Gasteiger partial charge >= 0.3 is 0 Å². The second-order valence-corrected chi connectivity index (χ2v) is 12.8. The number of aliphatic hydroxyl groups excluding tert-OH is 1. The maximum absolute atomic E-state index is 13.3. The van der Waals surface area contributed by atoms with Crippen LogP contribution in [-0.4, -0.2) is 26.9 Å². The van der Waals surface area contributed by atoms with Gasteiger partial charge in [0.05, 0.1) is 0 Å². The largest absolute Gasteiger partial charge is 0.508 e. The van der Waals surface area contributed by atoms with Gasteiger partial charge in [0.25, 0.3) is 0 Å². The Labute approximate surface area is 248 Å². The SMILES string of the molecule is CCCC[C@H]1CCCCC[C@@H](C)c2cc(O)c(c(O)c2)[C@@H](CCCC)CCCCC[C@@H](C)C2=CC(=O)C1=C(O)C2=O. The molecule has 6 rings (SSSR count). The number of Topliss-reactive ketones (excluding diaryl/α,β-unsaturated/α-hetero) is 1. The molecule has 5 aliphatic rings. The van der Waals surface area contributed by atoms with Crippen molar-refractivity contribution in [2.45, 2.75) is 142 Å². The maximum atomic E-state index is 13.3. The molecule has 0 aromatic heterocycles. The molecular weight excluding hydrogens is 512 g/mol. The zero-order valence-electron chi connectivity index (χ0n) is 26.0. The lowest BCUT2D eigenvalue weighted by atomic mass is 9.78. The van der Waals surface area contributed by atoms with Crippen LogP contribution < -0.4 is 0 Å². The van der Waals surface area contributed by atoms with Gasteiger partial charge in [0.2, 0.25) is 5.78 Å². The van der Waals surface area contributed by atoms with E-state index in [1.165, 1.54) is 6.08 Å². The molecule has 228 valence electrons. The number of phenolic OH excluding ortho intramolecular Hbond substituents is 2. The fraction of sp³-hybridized carbons (Fsp3) is 0.667. The van der Waals surface area contributed by atoms with E-state index in [0.29, 0.717) is 16.7 Å². The molecule has 0 saturated carbocycles. The topological polar surface area (TPSA) is 94.8 Å². The van der Waals surface area contributed by atoms with Gasteiger partial charge < -0.3 is 15.3 Å². The molecule has 41 heavy (non-hydrogen) atoms. The molecule has 0 heterocycles. The summed E-state index contributed by atoms with van der Waals surface area (Å²) in [6.07, 6.45) is 16.4. The third kappa shape index (κ3) is 8.72. The van der Waals surface area contributed by atoms with E-state index in [1.54, 1.807) is 0 Å². The van der Waals surface area contributed by atoms with E-state index < -0.39 is 0 Å². The van der Waals surface area contributed by atoms with Crippen molar-refractivity contribution in [2.75, 3.05) is 0 Å². The summed E-state index contributed by atoms with van der Waals surface area (Å²) in [6.45, 7) is 8.40. The molecule has 0 unspecified atom stereocenters. The van der Waals surface area contributed by atoms with E-state index in [0.717, 1.165) is 108 Å². The van der Waals surface area contributed by atoms with E-state index in [4.69, 9.17) is 0 Å². The van der Waals surface area contributed by atoms with Crippen LogP contribution in [0.5, 0.6) is 11.5 Å². The number of carbonyl (C=O) groups excluding carboxylic acids is 2. The van der Waals surface area contributed by atoms with Gasteiger partial charge in [0.15, 0.2) is 11.5 Å². The molecule has 0 amide bonds. The van der Waals surface area contributed by atoms with Crippen LogP contribution in [-0.2, 0) is 9.59 Å². The predicted molar refractivity (Wildman–Crippen MR) is 167 cm³/mol. The minimum absolute atomic E-state index is 0.0967. The van der Waals surface area contributed by atoms with E-state index >= 15 is 0 Å². The van der Waals surface area contributed by atoms with Gasteiger partial charge in [-0.1, -0.05) is 91.9 Å². The lowest BCUT2D eigenvalue weighted by Gasteiger charge is -2.25. The quantitative estimate of drug-likeness (QED) is 0.298. The highest BCUT2D eigenvalue weighted by Crippen LogP contribution is 2.42. The summed E-state index contributed by atoms with van der Waals surface area (Å²) < 4.78 is 0. The number of hydrogen-bond donors (Lipinski definition) is 3. The van der Waals surface area contributed by atoms with Crippen molar-refractivity contribution >= 4 is 11.6 Å². The summed E-state index contributed by atoms with van der Waals surface area (Å²) in [5.41, 5.74) is 2.44. The van der Waals surface area contributed by atoms with E-state index in [-0.39, 0.29) is 52.5 Å². The highest BCUT2D eigenvalue weighted by Gasteiger charge is 2.34. The number of ketones is 2. The van der Waals surface area contributed by atoms with Crippen molar-refractivity contribution in [3.8, 4) is 11.5 Å². The molecule has 0 aliphatic heterocycles. The Morgan fingerprint density at radius 2 is 1.22 bits per heavy atom. The average Bonchev–Trinajstić information content (AvgIpc) is 2.94. The van der Waals surface area contributed by atoms with E-state index in [9.17, 15) is 24.9 Å². The number of hydrogen-bond acceptors (Lipinski definition) is 5. The molecule has 1 aromatic rings. The standard InChI is InChI=1S/C36H54O5/c1-5-7-17-26-19-13-10-12-16-25(4)29-23-32(39)34(36(41)35(29)40)27(18-8-6-2)20-14-9-11-15-24(3)28-21-30(37)33(26)31(38)22-28/h21-27,37-38,41H,5-20H2,1-4H3/t24-,25-,26+,27+/m1/s1. The van der Waals surface area contributed by atoms with Crippen LogP contribution in [0.2, 0.25) is 0 Å². The van der Waals surface area contributed by atoms with E-state index in [1.807, 2.05) is 19.1 Å². The molecular formula is C36H54O5. The van der Waals surface area contributed by atoms with Crippen LogP contribution in [0.3, 0.4) is 0 Å². The Morgan fingerprint density at radius 3 is 1.80 bits per heavy atom. The van der Waals surface area contributed by atoms with Crippen LogP contribution in [0.4, 0.5) is 0 Å². The summed E-state index contributed by atoms with van der Waals surface area (Å²) >= 11 is 0. The highest BCUT2D eigenvalue weighted by molar-refractivity contribution is 6.22. The summed E-state index contributed by atoms with van der Waals surface area (Å²) in [6, 6.07) is 3.74. The summed E-state index contributed by atoms with van der Waals surface area (Å²) in [4.78, 5) is 26.5. The molecule has 0 spiro atoms. The van der Waals surface area contributed by atoms with Crippen molar-refractivity contribution in [3.63, 3.8) is 0 Å². The molecule has 5 nitrogen and oxygen atoms in total. The molecule has 4 bridgehead atoms. The minimum atomic E-state index is -0.363. The van der Waals surface area contributed by atoms with Crippen LogP contribution >= 0.6 is 0 Å². The second kappa shape index (κ2) is 16.2. The first-order chi connectivity index (χ1) is 19.7. The molecule has 0 radical (unpaired) electrons. The van der Waals surface area contributed by atoms with Crippen LogP contribution in [0.25, 0.3) is 0 Å². The third-order valence-electron chi connectivity index (χ3n) is 9.55. The average molecular weight is 567 g/mol. The first-order valence-corrected chi connectivity index (χ1v) is 16.5. The first kappa shape index (κ1) is 32.9. The van der Waals surface area contributed by atoms with Crippen molar-refractivity contribution in [1.29, 1.82) is 0 Å². The van der Waals surface area contributed by atoms with Gasteiger partial charge in [-0.15, -0.1) is 0 Å². The first-order valence-electron chi connectivity index (χ1n) is 16.5. The zero-order chi connectivity index (χ0) is 29.9. The third-order valence-corrected chi connectivity index (χ3v) is 9.55. The molecule has 5 heteroatoms. The number of carbonyl (C=O) groups is 2. The number of phenols is 2. The van der Waals surface area contributed by atoms with E-state index in [2.05, 4.69) is 20.8 Å². The molecule has 0 saturated heterocycles. The molecule has 4 atom stereocenters. The summed E-state index contributed by atoms with van der Waals surface area (Å²) in [5, 5.41) is 33.1. The maximum Gasteiger partial charge on any atom is 0.224 e. The van der Waals surface area contributed by atoms with Gasteiger partial charge in [-0.2, -0.15) is 0 Å². The Kier molecular flexibility index (Phi) is 13.0. The van der Waals surface area contributed by atoms with Crippen LogP contribution in [0, 0.1) is 11.8 Å². The number of allylic oxidation sites excluding steroid dienone is 3. The van der Waals surface area contributed by atoms with Gasteiger partial charge in [-0.05, 0) is 86.0 Å². The number of benzene rings is 1. The van der Waals surface area contributed by atoms with Crippen molar-refractivity contribution in [1.82, 2.24) is 0 Å². The normalized spacial score (nSPS) is 25.6. The fourth-order valence-electron chi connectivity index (χ4n) is 6.89. The Morgan fingerprint density at radius 1 is 0.707 bits per heavy atom. The van der Waals surface area contributed by atoms with Crippen molar-refractivity contribution in [3.05, 3.63) is 46.2 Å². The minimum Gasteiger partial charge on any atom is -0.508 e. The van der Waals surface area contributed by atoms with Crippen molar-refractivity contribution < 1.29 is 24.9 Å². The fourth-order valence-corrected chi connectivity index (χ4v) is 6.89. The number of unbranched alkanes of at least 4 members (excludes halogenated alkanes) is 2. The van der Waals surface area contributed by atoms with Crippen LogP contribution in [0.1, 0.15) is 153 Å².